The second-order valence-corrected chi connectivity index (χ2v) is 8.40. The highest BCUT2D eigenvalue weighted by Gasteiger charge is 2.11. The van der Waals surface area contributed by atoms with Crippen molar-refractivity contribution in [2.24, 2.45) is 0 Å². The Morgan fingerprint density at radius 2 is 1.54 bits per heavy atom. The van der Waals surface area contributed by atoms with Crippen molar-refractivity contribution in [3.05, 3.63) is 58.3 Å². The van der Waals surface area contributed by atoms with Crippen molar-refractivity contribution in [1.82, 2.24) is 4.98 Å². The molecular formula is C24H34Cl2N2. The molecule has 2 rings (SSSR count). The lowest BCUT2D eigenvalue weighted by Gasteiger charge is -2.26. The average molecular weight is 421 g/mol. The van der Waals surface area contributed by atoms with Gasteiger partial charge >= 0.3 is 0 Å². The van der Waals surface area contributed by atoms with Crippen LogP contribution < -0.4 is 4.90 Å². The molecule has 0 aliphatic carbocycles. The van der Waals surface area contributed by atoms with Crippen molar-refractivity contribution >= 4 is 28.9 Å². The summed E-state index contributed by atoms with van der Waals surface area (Å²) >= 11 is 12.6. The van der Waals surface area contributed by atoms with Crippen LogP contribution in [0.3, 0.4) is 0 Å². The van der Waals surface area contributed by atoms with Crippen LogP contribution in [0.5, 0.6) is 0 Å². The number of pyridine rings is 1. The monoisotopic (exact) mass is 420 g/mol. The molecule has 4 heteroatoms. The van der Waals surface area contributed by atoms with Gasteiger partial charge in [-0.3, -0.25) is 4.98 Å². The number of nitrogens with zero attached hydrogens (tertiary/aromatic N) is 2. The fourth-order valence-corrected chi connectivity index (χ4v) is 4.05. The highest BCUT2D eigenvalue weighted by molar-refractivity contribution is 6.36. The van der Waals surface area contributed by atoms with Crippen LogP contribution >= 0.6 is 23.2 Å². The fourth-order valence-electron chi connectivity index (χ4n) is 3.52. The maximum Gasteiger partial charge on any atom is 0.0654 e. The first kappa shape index (κ1) is 23.0. The van der Waals surface area contributed by atoms with Gasteiger partial charge in [-0.2, -0.15) is 0 Å². The summed E-state index contributed by atoms with van der Waals surface area (Å²) in [5.74, 6) is 0. The van der Waals surface area contributed by atoms with E-state index in [2.05, 4.69) is 22.9 Å². The lowest BCUT2D eigenvalue weighted by molar-refractivity contribution is 0.553. The molecule has 1 aromatic heterocycles. The maximum absolute atomic E-state index is 6.48. The molecule has 1 heterocycles. The van der Waals surface area contributed by atoms with Crippen LogP contribution in [0.15, 0.2) is 42.7 Å². The first-order chi connectivity index (χ1) is 13.7. The summed E-state index contributed by atoms with van der Waals surface area (Å²) in [6.45, 7) is 4.08. The quantitative estimate of drug-likeness (QED) is 0.285. The van der Waals surface area contributed by atoms with Gasteiger partial charge in [0.2, 0.25) is 0 Å². The first-order valence-corrected chi connectivity index (χ1v) is 11.5. The third kappa shape index (κ3) is 8.84. The van der Waals surface area contributed by atoms with Crippen LogP contribution in [-0.4, -0.2) is 11.5 Å². The van der Waals surface area contributed by atoms with Gasteiger partial charge in [-0.15, -0.1) is 0 Å². The first-order valence-electron chi connectivity index (χ1n) is 10.8. The van der Waals surface area contributed by atoms with Crippen LogP contribution in [0.2, 0.25) is 10.0 Å². The second kappa shape index (κ2) is 13.8. The van der Waals surface area contributed by atoms with Crippen molar-refractivity contribution in [2.75, 3.05) is 11.4 Å². The molecule has 0 bridgehead atoms. The minimum Gasteiger partial charge on any atom is -0.366 e. The standard InChI is InChI=1S/C24H34Cl2N2/c1-2-3-4-5-6-7-8-9-10-11-17-28(20-21-13-12-16-27-19-21)24-15-14-22(25)18-23(24)26/h12-16,18-19H,2-11,17,20H2,1H3. The minimum atomic E-state index is 0.675. The highest BCUT2D eigenvalue weighted by Crippen LogP contribution is 2.30. The fraction of sp³-hybridized carbons (Fsp3) is 0.542. The molecule has 0 saturated carbocycles. The summed E-state index contributed by atoms with van der Waals surface area (Å²) in [6.07, 6.45) is 17.2. The molecule has 2 aromatic rings. The van der Waals surface area contributed by atoms with E-state index in [-0.39, 0.29) is 0 Å². The molecule has 2 nitrogen and oxygen atoms in total. The zero-order chi connectivity index (χ0) is 20.0. The van der Waals surface area contributed by atoms with Gasteiger partial charge in [0.1, 0.15) is 0 Å². The predicted molar refractivity (Wildman–Crippen MR) is 124 cm³/mol. The van der Waals surface area contributed by atoms with Gasteiger partial charge in [0.15, 0.2) is 0 Å². The Bertz CT molecular complexity index is 661. The number of anilines is 1. The van der Waals surface area contributed by atoms with E-state index < -0.39 is 0 Å². The van der Waals surface area contributed by atoms with E-state index >= 15 is 0 Å². The van der Waals surface area contributed by atoms with Gasteiger partial charge in [-0.05, 0) is 36.2 Å². The zero-order valence-corrected chi connectivity index (χ0v) is 18.7. The van der Waals surface area contributed by atoms with E-state index in [1.54, 1.807) is 0 Å². The van der Waals surface area contributed by atoms with Crippen LogP contribution in [-0.2, 0) is 6.54 Å². The Labute approximate surface area is 181 Å². The summed E-state index contributed by atoms with van der Waals surface area (Å²) in [6, 6.07) is 9.86. The number of unbranched alkanes of at least 4 members (excludes halogenated alkanes) is 9. The lowest BCUT2D eigenvalue weighted by Crippen LogP contribution is -2.24. The predicted octanol–water partition coefficient (Wildman–Crippen LogP) is 8.32. The molecule has 0 radical (unpaired) electrons. The highest BCUT2D eigenvalue weighted by atomic mass is 35.5. The number of benzene rings is 1. The molecule has 0 aliphatic rings. The van der Waals surface area contributed by atoms with Crippen LogP contribution in [0, 0.1) is 0 Å². The summed E-state index contributed by atoms with van der Waals surface area (Å²) in [7, 11) is 0. The Morgan fingerprint density at radius 3 is 2.14 bits per heavy atom. The Morgan fingerprint density at radius 1 is 0.857 bits per heavy atom. The molecule has 0 saturated heterocycles. The molecule has 0 atom stereocenters. The van der Waals surface area contributed by atoms with Crippen molar-refractivity contribution in [1.29, 1.82) is 0 Å². The molecule has 28 heavy (non-hydrogen) atoms. The van der Waals surface area contributed by atoms with Crippen molar-refractivity contribution in [3.8, 4) is 0 Å². The molecule has 0 unspecified atom stereocenters. The second-order valence-electron chi connectivity index (χ2n) is 7.56. The smallest absolute Gasteiger partial charge is 0.0654 e. The van der Waals surface area contributed by atoms with Gasteiger partial charge < -0.3 is 4.90 Å². The van der Waals surface area contributed by atoms with Crippen LogP contribution in [0.4, 0.5) is 5.69 Å². The topological polar surface area (TPSA) is 16.1 Å². The molecule has 0 N–H and O–H groups in total. The van der Waals surface area contributed by atoms with Crippen molar-refractivity contribution < 1.29 is 0 Å². The number of hydrogen-bond donors (Lipinski definition) is 0. The number of rotatable bonds is 14. The average Bonchev–Trinajstić information content (AvgIpc) is 2.69. The number of hydrogen-bond acceptors (Lipinski definition) is 2. The Kier molecular flexibility index (Phi) is 11.4. The van der Waals surface area contributed by atoms with E-state index in [9.17, 15) is 0 Å². The third-order valence-corrected chi connectivity index (χ3v) is 5.67. The Hall–Kier alpha value is -1.25. The zero-order valence-electron chi connectivity index (χ0n) is 17.2. The summed E-state index contributed by atoms with van der Waals surface area (Å²) in [5.41, 5.74) is 2.24. The molecule has 1 aromatic carbocycles. The van der Waals surface area contributed by atoms with Gasteiger partial charge in [0.05, 0.1) is 10.7 Å². The van der Waals surface area contributed by atoms with Crippen LogP contribution in [0.1, 0.15) is 76.7 Å². The molecule has 0 fully saturated rings. The summed E-state index contributed by atoms with van der Waals surface area (Å²) < 4.78 is 0. The minimum absolute atomic E-state index is 0.675. The largest absolute Gasteiger partial charge is 0.366 e. The van der Waals surface area contributed by atoms with E-state index in [0.717, 1.165) is 18.8 Å². The lowest BCUT2D eigenvalue weighted by atomic mass is 10.1. The van der Waals surface area contributed by atoms with Crippen LogP contribution in [0.25, 0.3) is 0 Å². The van der Waals surface area contributed by atoms with E-state index in [1.807, 2.05) is 36.7 Å². The van der Waals surface area contributed by atoms with Gasteiger partial charge in [-0.25, -0.2) is 0 Å². The normalized spacial score (nSPS) is 11.0. The van der Waals surface area contributed by atoms with Gasteiger partial charge in [0.25, 0.3) is 0 Å². The van der Waals surface area contributed by atoms with E-state index in [0.29, 0.717) is 10.0 Å². The van der Waals surface area contributed by atoms with Crippen molar-refractivity contribution in [2.45, 2.75) is 77.7 Å². The maximum atomic E-state index is 6.48. The molecular weight excluding hydrogens is 387 g/mol. The number of aromatic nitrogens is 1. The number of halogens is 2. The SMILES string of the molecule is CCCCCCCCCCCCN(Cc1cccnc1)c1ccc(Cl)cc1Cl. The van der Waals surface area contributed by atoms with Gasteiger partial charge in [-0.1, -0.05) is 94.0 Å². The molecule has 0 aliphatic heterocycles. The Balaban J connectivity index is 1.78. The molecule has 154 valence electrons. The third-order valence-electron chi connectivity index (χ3n) is 5.13. The van der Waals surface area contributed by atoms with Crippen molar-refractivity contribution in [3.63, 3.8) is 0 Å². The molecule has 0 spiro atoms. The summed E-state index contributed by atoms with van der Waals surface area (Å²) in [5, 5.41) is 1.39. The van der Waals surface area contributed by atoms with Gasteiger partial charge in [0, 0.05) is 30.5 Å². The van der Waals surface area contributed by atoms with E-state index in [4.69, 9.17) is 23.2 Å². The molecule has 0 amide bonds. The summed E-state index contributed by atoms with van der Waals surface area (Å²) in [4.78, 5) is 6.59. The van der Waals surface area contributed by atoms with E-state index in [1.165, 1.54) is 69.8 Å².